The van der Waals surface area contributed by atoms with Crippen molar-refractivity contribution in [3.63, 3.8) is 0 Å². The van der Waals surface area contributed by atoms with Gasteiger partial charge in [0.05, 0.1) is 11.3 Å². The van der Waals surface area contributed by atoms with Crippen molar-refractivity contribution in [2.24, 2.45) is 5.41 Å². The van der Waals surface area contributed by atoms with Gasteiger partial charge in [-0.05, 0) is 37.2 Å². The van der Waals surface area contributed by atoms with E-state index in [1.807, 2.05) is 6.07 Å². The van der Waals surface area contributed by atoms with Crippen LogP contribution in [0.4, 0.5) is 5.69 Å². The Morgan fingerprint density at radius 3 is 3.00 bits per heavy atom. The van der Waals surface area contributed by atoms with E-state index in [1.54, 1.807) is 12.4 Å². The second-order valence-corrected chi connectivity index (χ2v) is 6.78. The van der Waals surface area contributed by atoms with Gasteiger partial charge in [0.15, 0.2) is 0 Å². The first-order chi connectivity index (χ1) is 10.0. The molecule has 1 aromatic rings. The van der Waals surface area contributed by atoms with Gasteiger partial charge in [0.25, 0.3) is 5.91 Å². The minimum Gasteiger partial charge on any atom is -0.384 e. The third kappa shape index (κ3) is 4.45. The molecular formula is C17H27N3O. The Hall–Kier alpha value is -1.58. The van der Waals surface area contributed by atoms with Crippen LogP contribution < -0.4 is 10.6 Å². The van der Waals surface area contributed by atoms with E-state index in [9.17, 15) is 4.79 Å². The molecule has 0 aromatic carbocycles. The number of nitrogens with one attached hydrogen (secondary N) is 2. The van der Waals surface area contributed by atoms with Crippen LogP contribution in [0.15, 0.2) is 18.5 Å². The Labute approximate surface area is 127 Å². The molecule has 1 aliphatic carbocycles. The Bertz CT molecular complexity index is 485. The largest absolute Gasteiger partial charge is 0.384 e. The van der Waals surface area contributed by atoms with Gasteiger partial charge in [-0.15, -0.1) is 0 Å². The number of hydrogen-bond donors (Lipinski definition) is 2. The predicted molar refractivity (Wildman–Crippen MR) is 86.5 cm³/mol. The van der Waals surface area contributed by atoms with Crippen LogP contribution in [-0.4, -0.2) is 23.5 Å². The zero-order chi connectivity index (χ0) is 15.3. The van der Waals surface area contributed by atoms with Crippen molar-refractivity contribution in [1.82, 2.24) is 10.3 Å². The summed E-state index contributed by atoms with van der Waals surface area (Å²) < 4.78 is 0. The van der Waals surface area contributed by atoms with Crippen LogP contribution in [-0.2, 0) is 0 Å². The van der Waals surface area contributed by atoms with E-state index >= 15 is 0 Å². The van der Waals surface area contributed by atoms with E-state index < -0.39 is 0 Å². The van der Waals surface area contributed by atoms with Gasteiger partial charge in [0.2, 0.25) is 0 Å². The maximum absolute atomic E-state index is 12.5. The lowest BCUT2D eigenvalue weighted by atomic mass is 9.75. The topological polar surface area (TPSA) is 54.0 Å². The molecule has 0 radical (unpaired) electrons. The summed E-state index contributed by atoms with van der Waals surface area (Å²) in [6.07, 6.45) is 8.96. The lowest BCUT2D eigenvalue weighted by Crippen LogP contribution is -2.40. The molecule has 0 saturated heterocycles. The molecule has 2 N–H and O–H groups in total. The summed E-state index contributed by atoms with van der Waals surface area (Å²) in [6.45, 7) is 7.53. The molecule has 1 saturated carbocycles. The van der Waals surface area contributed by atoms with Crippen molar-refractivity contribution < 1.29 is 4.79 Å². The van der Waals surface area contributed by atoms with Gasteiger partial charge in [-0.25, -0.2) is 0 Å². The predicted octanol–water partition coefficient (Wildman–Crippen LogP) is 3.60. The monoisotopic (exact) mass is 289 g/mol. The zero-order valence-corrected chi connectivity index (χ0v) is 13.4. The maximum Gasteiger partial charge on any atom is 0.255 e. The fourth-order valence-electron chi connectivity index (χ4n) is 3.07. The number of nitrogens with zero attached hydrogens (tertiary/aromatic N) is 1. The maximum atomic E-state index is 12.5. The normalized spacial score (nSPS) is 20.8. The Morgan fingerprint density at radius 1 is 1.48 bits per heavy atom. The summed E-state index contributed by atoms with van der Waals surface area (Å²) >= 11 is 0. The van der Waals surface area contributed by atoms with Crippen LogP contribution in [0.1, 0.15) is 63.2 Å². The van der Waals surface area contributed by atoms with Crippen LogP contribution in [0, 0.1) is 5.41 Å². The number of aromatic nitrogens is 1. The number of carbonyl (C=O) groups excluding carboxylic acids is 1. The average Bonchev–Trinajstić information content (AvgIpc) is 2.44. The molecule has 1 fully saturated rings. The van der Waals surface area contributed by atoms with E-state index in [0.29, 0.717) is 11.0 Å². The van der Waals surface area contributed by atoms with Gasteiger partial charge < -0.3 is 10.6 Å². The van der Waals surface area contributed by atoms with E-state index in [2.05, 4.69) is 36.4 Å². The minimum atomic E-state index is -0.00981. The lowest BCUT2D eigenvalue weighted by Gasteiger charge is -2.35. The number of amides is 1. The van der Waals surface area contributed by atoms with Crippen molar-refractivity contribution in [1.29, 1.82) is 0 Å². The summed E-state index contributed by atoms with van der Waals surface area (Å²) in [5.74, 6) is -0.00981. The molecule has 1 amide bonds. The third-order valence-electron chi connectivity index (χ3n) is 4.17. The first-order valence-electron chi connectivity index (χ1n) is 8.00. The lowest BCUT2D eigenvalue weighted by molar-refractivity contribution is 0.0903. The third-order valence-corrected chi connectivity index (χ3v) is 4.17. The highest BCUT2D eigenvalue weighted by molar-refractivity contribution is 5.99. The average molecular weight is 289 g/mol. The van der Waals surface area contributed by atoms with E-state index in [4.69, 9.17) is 0 Å². The van der Waals surface area contributed by atoms with Crippen LogP contribution in [0.2, 0.25) is 0 Å². The van der Waals surface area contributed by atoms with Crippen molar-refractivity contribution in [3.8, 4) is 0 Å². The van der Waals surface area contributed by atoms with Crippen molar-refractivity contribution in [2.75, 3.05) is 11.9 Å². The molecule has 1 aromatic heterocycles. The number of carbonyl (C=O) groups is 1. The Kier molecular flexibility index (Phi) is 5.21. The van der Waals surface area contributed by atoms with Crippen molar-refractivity contribution in [3.05, 3.63) is 24.0 Å². The van der Waals surface area contributed by atoms with Gasteiger partial charge in [-0.1, -0.05) is 27.2 Å². The molecule has 1 unspecified atom stereocenters. The van der Waals surface area contributed by atoms with E-state index in [-0.39, 0.29) is 11.9 Å². The first-order valence-corrected chi connectivity index (χ1v) is 8.00. The first kappa shape index (κ1) is 15.8. The molecule has 4 nitrogen and oxygen atoms in total. The van der Waals surface area contributed by atoms with Gasteiger partial charge in [0, 0.05) is 25.0 Å². The molecule has 2 rings (SSSR count). The second-order valence-electron chi connectivity index (χ2n) is 6.78. The fraction of sp³-hybridized carbons (Fsp3) is 0.647. The second kappa shape index (κ2) is 6.92. The Morgan fingerprint density at radius 2 is 2.29 bits per heavy atom. The molecule has 1 atom stereocenters. The Balaban J connectivity index is 2.03. The highest BCUT2D eigenvalue weighted by Crippen LogP contribution is 2.35. The van der Waals surface area contributed by atoms with Crippen LogP contribution in [0.5, 0.6) is 0 Å². The quantitative estimate of drug-likeness (QED) is 0.870. The highest BCUT2D eigenvalue weighted by atomic mass is 16.1. The molecular weight excluding hydrogens is 262 g/mol. The summed E-state index contributed by atoms with van der Waals surface area (Å²) in [7, 11) is 0. The molecule has 1 heterocycles. The molecule has 0 spiro atoms. The standard InChI is InChI=1S/C17H27N3O/c1-4-9-19-15-7-10-18-12-14(15)16(21)20-13-6-5-8-17(2,3)11-13/h7,10,12-13H,4-6,8-9,11H2,1-3H3,(H,18,19)(H,20,21). The van der Waals surface area contributed by atoms with Gasteiger partial charge in [-0.2, -0.15) is 0 Å². The molecule has 1 aliphatic rings. The van der Waals surface area contributed by atoms with Gasteiger partial charge in [0.1, 0.15) is 0 Å². The highest BCUT2D eigenvalue weighted by Gasteiger charge is 2.29. The number of pyridine rings is 1. The fourth-order valence-corrected chi connectivity index (χ4v) is 3.07. The summed E-state index contributed by atoms with van der Waals surface area (Å²) in [4.78, 5) is 16.6. The van der Waals surface area contributed by atoms with E-state index in [0.717, 1.165) is 31.5 Å². The summed E-state index contributed by atoms with van der Waals surface area (Å²) in [6, 6.07) is 2.15. The van der Waals surface area contributed by atoms with Crippen LogP contribution in [0.3, 0.4) is 0 Å². The molecule has 4 heteroatoms. The summed E-state index contributed by atoms with van der Waals surface area (Å²) in [5, 5.41) is 6.49. The number of anilines is 1. The van der Waals surface area contributed by atoms with Gasteiger partial charge >= 0.3 is 0 Å². The SMILES string of the molecule is CCCNc1ccncc1C(=O)NC1CCCC(C)(C)C1. The molecule has 0 aliphatic heterocycles. The number of hydrogen-bond acceptors (Lipinski definition) is 3. The van der Waals surface area contributed by atoms with Gasteiger partial charge in [-0.3, -0.25) is 9.78 Å². The minimum absolute atomic E-state index is 0.00981. The number of rotatable bonds is 5. The smallest absolute Gasteiger partial charge is 0.255 e. The molecule has 21 heavy (non-hydrogen) atoms. The van der Waals surface area contributed by atoms with Crippen LogP contribution >= 0.6 is 0 Å². The zero-order valence-electron chi connectivity index (χ0n) is 13.4. The molecule has 116 valence electrons. The van der Waals surface area contributed by atoms with Crippen LogP contribution in [0.25, 0.3) is 0 Å². The summed E-state index contributed by atoms with van der Waals surface area (Å²) in [5.41, 5.74) is 1.85. The van der Waals surface area contributed by atoms with Crippen molar-refractivity contribution in [2.45, 2.75) is 58.9 Å². The molecule has 0 bridgehead atoms. The van der Waals surface area contributed by atoms with Crippen molar-refractivity contribution >= 4 is 11.6 Å². The van der Waals surface area contributed by atoms with E-state index in [1.165, 1.54) is 12.8 Å².